The summed E-state index contributed by atoms with van der Waals surface area (Å²) < 4.78 is 99.9. The predicted octanol–water partition coefficient (Wildman–Crippen LogP) is 5.82. The molecule has 0 unspecified atom stereocenters. The summed E-state index contributed by atoms with van der Waals surface area (Å²) in [5, 5.41) is -1.64. The molecular weight excluding hydrogens is 484 g/mol. The van der Waals surface area contributed by atoms with Crippen molar-refractivity contribution in [2.45, 2.75) is 6.18 Å². The molecule has 28 heavy (non-hydrogen) atoms. The molecule has 138 valence electrons. The number of benzene rings is 3. The molecule has 0 saturated carbocycles. The molecule has 5 aromatic rings. The second-order valence-corrected chi connectivity index (χ2v) is 9.07. The van der Waals surface area contributed by atoms with Crippen molar-refractivity contribution in [3.63, 3.8) is 0 Å². The maximum atomic E-state index is 15.9. The molecular formula is C21H10F4N2Te. The molecule has 7 heteroatoms. The monoisotopic (exact) mass is 501 g/mol. The number of hydrogen-bond donors (Lipinski definition) is 0. The van der Waals surface area contributed by atoms with Gasteiger partial charge in [0.05, 0.1) is 0 Å². The number of aromatic nitrogens is 2. The molecule has 0 saturated heterocycles. The van der Waals surface area contributed by atoms with E-state index in [1.165, 1.54) is 0 Å². The average Bonchev–Trinajstić information content (AvgIpc) is 3.18. The van der Waals surface area contributed by atoms with Crippen LogP contribution < -0.4 is 0 Å². The molecule has 2 aromatic heterocycles. The standard InChI is InChI=1S/C21H10F4N2Te/c22-18-13-7-3-2-6-12(13)17(21(23,24)25)20-16(18)19(26-10-27-20)15-9-11-5-1-4-8-14(11)28-15/h1-10H/i2D,3D,6D,7D,10D. The summed E-state index contributed by atoms with van der Waals surface area (Å²) in [5.41, 5.74) is -2.55. The van der Waals surface area contributed by atoms with Crippen LogP contribution in [0.25, 0.3) is 39.7 Å². The summed E-state index contributed by atoms with van der Waals surface area (Å²) in [6.07, 6.45) is -5.88. The Morgan fingerprint density at radius 2 is 1.75 bits per heavy atom. The van der Waals surface area contributed by atoms with E-state index in [9.17, 15) is 13.2 Å². The van der Waals surface area contributed by atoms with E-state index in [1.54, 1.807) is 12.1 Å². The number of halogens is 4. The van der Waals surface area contributed by atoms with Crippen LogP contribution >= 0.6 is 0 Å². The molecule has 5 rings (SSSR count). The summed E-state index contributed by atoms with van der Waals surface area (Å²) in [7, 11) is 0. The van der Waals surface area contributed by atoms with Gasteiger partial charge in [-0.1, -0.05) is 0 Å². The number of fused-ring (bicyclic) bond motifs is 3. The Morgan fingerprint density at radius 1 is 1.00 bits per heavy atom. The van der Waals surface area contributed by atoms with Crippen LogP contribution in [0.1, 0.15) is 12.4 Å². The van der Waals surface area contributed by atoms with Gasteiger partial charge < -0.3 is 0 Å². The van der Waals surface area contributed by atoms with Crippen molar-refractivity contribution in [1.29, 1.82) is 0 Å². The van der Waals surface area contributed by atoms with Gasteiger partial charge in [0, 0.05) is 0 Å². The normalized spacial score (nSPS) is 14.8. The first-order valence-electron chi connectivity index (χ1n) is 10.5. The van der Waals surface area contributed by atoms with Gasteiger partial charge in [-0.15, -0.1) is 0 Å². The van der Waals surface area contributed by atoms with E-state index in [1.807, 2.05) is 18.2 Å². The first-order valence-corrected chi connectivity index (χ1v) is 10.3. The quantitative estimate of drug-likeness (QED) is 0.165. The van der Waals surface area contributed by atoms with E-state index in [-0.39, 0.29) is 5.69 Å². The zero-order valence-corrected chi connectivity index (χ0v) is 16.0. The van der Waals surface area contributed by atoms with Gasteiger partial charge in [-0.2, -0.15) is 0 Å². The van der Waals surface area contributed by atoms with E-state index >= 15 is 4.39 Å². The van der Waals surface area contributed by atoms with E-state index in [0.29, 0.717) is 3.58 Å². The molecule has 0 radical (unpaired) electrons. The molecule has 0 atom stereocenters. The summed E-state index contributed by atoms with van der Waals surface area (Å²) in [4.78, 5) is 7.56. The number of alkyl halides is 3. The Labute approximate surface area is 173 Å². The summed E-state index contributed by atoms with van der Waals surface area (Å²) in [5.74, 6) is -1.26. The molecule has 0 aliphatic rings. The first kappa shape index (κ1) is 12.9. The molecule has 0 aliphatic heterocycles. The van der Waals surface area contributed by atoms with Gasteiger partial charge >= 0.3 is 173 Å². The third kappa shape index (κ3) is 2.61. The Balaban J connectivity index is 2.08. The van der Waals surface area contributed by atoms with Crippen LogP contribution in [0.3, 0.4) is 0 Å². The van der Waals surface area contributed by atoms with Crippen molar-refractivity contribution in [2.75, 3.05) is 0 Å². The maximum absolute atomic E-state index is 15.9. The van der Waals surface area contributed by atoms with Crippen LogP contribution in [0.2, 0.25) is 0 Å². The van der Waals surface area contributed by atoms with Crippen LogP contribution in [0.15, 0.2) is 60.8 Å². The Hall–Kier alpha value is -2.49. The number of hydrogen-bond acceptors (Lipinski definition) is 2. The van der Waals surface area contributed by atoms with E-state index in [2.05, 4.69) is 9.97 Å². The van der Waals surface area contributed by atoms with Crippen LogP contribution in [0.5, 0.6) is 0 Å². The van der Waals surface area contributed by atoms with E-state index < -0.39 is 90.1 Å². The van der Waals surface area contributed by atoms with Gasteiger partial charge in [0.25, 0.3) is 0 Å². The molecule has 2 heterocycles. The van der Waals surface area contributed by atoms with Gasteiger partial charge in [-0.25, -0.2) is 0 Å². The van der Waals surface area contributed by atoms with E-state index in [4.69, 9.17) is 6.85 Å². The fourth-order valence-electron chi connectivity index (χ4n) is 3.20. The van der Waals surface area contributed by atoms with Crippen molar-refractivity contribution < 1.29 is 24.4 Å². The molecule has 0 aliphatic carbocycles. The van der Waals surface area contributed by atoms with Gasteiger partial charge in [0.2, 0.25) is 0 Å². The van der Waals surface area contributed by atoms with Gasteiger partial charge in [-0.05, 0) is 0 Å². The molecule has 2 nitrogen and oxygen atoms in total. The Morgan fingerprint density at radius 3 is 2.50 bits per heavy atom. The minimum absolute atomic E-state index is 0.152. The molecule has 0 amide bonds. The fraction of sp³-hybridized carbons (Fsp3) is 0.0476. The third-order valence-corrected chi connectivity index (χ3v) is 7.56. The minimum atomic E-state index is -5.13. The number of nitrogens with zero attached hydrogens (tertiary/aromatic N) is 2. The topological polar surface area (TPSA) is 25.8 Å². The van der Waals surface area contributed by atoms with Crippen LogP contribution in [0.4, 0.5) is 17.6 Å². The summed E-state index contributed by atoms with van der Waals surface area (Å²) in [6.45, 7) is 0. The van der Waals surface area contributed by atoms with Gasteiger partial charge in [0.1, 0.15) is 0 Å². The Bertz CT molecular complexity index is 1600. The van der Waals surface area contributed by atoms with Crippen molar-refractivity contribution in [2.24, 2.45) is 0 Å². The van der Waals surface area contributed by atoms with Crippen molar-refractivity contribution in [3.8, 4) is 9.27 Å². The third-order valence-electron chi connectivity index (χ3n) is 4.35. The van der Waals surface area contributed by atoms with E-state index in [0.717, 1.165) is 8.79 Å². The average molecular weight is 499 g/mol. The van der Waals surface area contributed by atoms with Crippen molar-refractivity contribution in [1.82, 2.24) is 9.97 Å². The molecule has 0 bridgehead atoms. The fourth-order valence-corrected chi connectivity index (χ4v) is 6.22. The summed E-state index contributed by atoms with van der Waals surface area (Å²) in [6, 6.07) is 5.31. The second kappa shape index (κ2) is 6.26. The van der Waals surface area contributed by atoms with Crippen molar-refractivity contribution >= 4 is 50.9 Å². The zero-order valence-electron chi connectivity index (χ0n) is 18.7. The van der Waals surface area contributed by atoms with Gasteiger partial charge in [0.15, 0.2) is 0 Å². The second-order valence-electron chi connectivity index (χ2n) is 5.98. The molecule has 0 fully saturated rings. The molecule has 3 aromatic carbocycles. The summed E-state index contributed by atoms with van der Waals surface area (Å²) >= 11 is -1.16. The van der Waals surface area contributed by atoms with Gasteiger partial charge in [-0.3, -0.25) is 0 Å². The Kier molecular flexibility index (Phi) is 2.88. The van der Waals surface area contributed by atoms with Crippen LogP contribution in [-0.4, -0.2) is 30.4 Å². The number of rotatable bonds is 1. The van der Waals surface area contributed by atoms with Crippen LogP contribution in [0, 0.1) is 5.82 Å². The zero-order chi connectivity index (χ0) is 23.8. The molecule has 0 N–H and O–H groups in total. The van der Waals surface area contributed by atoms with Crippen LogP contribution in [-0.2, 0) is 6.18 Å². The SMILES string of the molecule is [2H]c1nc(-c2cc3ccccc3[te]2)c2c(F)c3c([2H])c([2H])c([2H])c([2H])c3c(C(F)(F)F)c2n1. The first-order chi connectivity index (χ1) is 15.5. The molecule has 0 spiro atoms. The predicted molar refractivity (Wildman–Crippen MR) is 102 cm³/mol. The van der Waals surface area contributed by atoms with Crippen molar-refractivity contribution in [3.05, 3.63) is 72.2 Å².